The largest absolute Gasteiger partial charge is 0.480 e. The van der Waals surface area contributed by atoms with Crippen molar-refractivity contribution in [2.75, 3.05) is 31.2 Å². The Morgan fingerprint density at radius 1 is 1.33 bits per heavy atom. The molecule has 10 heteroatoms. The van der Waals surface area contributed by atoms with Crippen LogP contribution >= 0.6 is 0 Å². The fourth-order valence-corrected chi connectivity index (χ4v) is 2.83. The normalized spacial score (nSPS) is 16.5. The highest BCUT2D eigenvalue weighted by Gasteiger charge is 2.23. The van der Waals surface area contributed by atoms with Crippen molar-refractivity contribution >= 4 is 27.6 Å². The summed E-state index contributed by atoms with van der Waals surface area (Å²) in [5.74, 6) is -1.88. The van der Waals surface area contributed by atoms with E-state index in [9.17, 15) is 18.0 Å². The number of carboxylic acids is 1. The molecule has 0 aromatic heterocycles. The molecule has 24 heavy (non-hydrogen) atoms. The highest BCUT2D eigenvalue weighted by Crippen LogP contribution is 2.25. The van der Waals surface area contributed by atoms with Crippen molar-refractivity contribution < 1.29 is 27.9 Å². The molecule has 1 saturated heterocycles. The number of primary sulfonamides is 1. The lowest BCUT2D eigenvalue weighted by Crippen LogP contribution is -2.41. The summed E-state index contributed by atoms with van der Waals surface area (Å²) in [6.45, 7) is 3.33. The monoisotopic (exact) mass is 357 g/mol. The van der Waals surface area contributed by atoms with Crippen molar-refractivity contribution in [3.05, 3.63) is 23.8 Å². The lowest BCUT2D eigenvalue weighted by molar-refractivity contribution is -0.138. The Kier molecular flexibility index (Phi) is 5.42. The van der Waals surface area contributed by atoms with Crippen LogP contribution in [0.3, 0.4) is 0 Å². The van der Waals surface area contributed by atoms with Gasteiger partial charge < -0.3 is 20.1 Å². The first-order valence-corrected chi connectivity index (χ1v) is 8.78. The van der Waals surface area contributed by atoms with Crippen molar-refractivity contribution in [2.45, 2.75) is 17.9 Å². The molecule has 0 aliphatic carbocycles. The number of nitrogens with two attached hydrogens (primary N) is 1. The average molecular weight is 357 g/mol. The van der Waals surface area contributed by atoms with Crippen LogP contribution in [0.25, 0.3) is 0 Å². The van der Waals surface area contributed by atoms with E-state index in [-0.39, 0.29) is 10.5 Å². The summed E-state index contributed by atoms with van der Waals surface area (Å²) in [5.41, 5.74) is 0.553. The lowest BCUT2D eigenvalue weighted by atomic mass is 10.1. The molecule has 0 radical (unpaired) electrons. The Morgan fingerprint density at radius 2 is 1.96 bits per heavy atom. The minimum Gasteiger partial charge on any atom is -0.480 e. The fourth-order valence-electron chi connectivity index (χ4n) is 2.29. The number of nitrogens with one attached hydrogen (secondary N) is 1. The van der Waals surface area contributed by atoms with Gasteiger partial charge in [-0.05, 0) is 25.1 Å². The van der Waals surface area contributed by atoms with Gasteiger partial charge in [0.2, 0.25) is 10.0 Å². The lowest BCUT2D eigenvalue weighted by Gasteiger charge is -2.30. The quantitative estimate of drug-likeness (QED) is 0.638. The van der Waals surface area contributed by atoms with Gasteiger partial charge in [0.15, 0.2) is 0 Å². The van der Waals surface area contributed by atoms with Gasteiger partial charge in [-0.15, -0.1) is 0 Å². The van der Waals surface area contributed by atoms with E-state index in [2.05, 4.69) is 5.32 Å². The third-order valence-corrected chi connectivity index (χ3v) is 4.52. The smallest absolute Gasteiger partial charge is 0.325 e. The van der Waals surface area contributed by atoms with Gasteiger partial charge >= 0.3 is 5.97 Å². The summed E-state index contributed by atoms with van der Waals surface area (Å²) in [4.78, 5) is 25.0. The van der Waals surface area contributed by atoms with Crippen LogP contribution in [-0.2, 0) is 19.6 Å². The molecule has 1 fully saturated rings. The van der Waals surface area contributed by atoms with Crippen molar-refractivity contribution in [1.29, 1.82) is 0 Å². The molecule has 1 heterocycles. The fraction of sp³-hybridized carbons (Fsp3) is 0.429. The third kappa shape index (κ3) is 4.22. The van der Waals surface area contributed by atoms with E-state index in [1.54, 1.807) is 0 Å². The van der Waals surface area contributed by atoms with Crippen molar-refractivity contribution in [3.8, 4) is 0 Å². The van der Waals surface area contributed by atoms with Gasteiger partial charge in [-0.3, -0.25) is 9.59 Å². The number of carboxylic acid groups (broad SMARTS) is 1. The number of sulfonamides is 1. The van der Waals surface area contributed by atoms with Crippen LogP contribution < -0.4 is 15.4 Å². The van der Waals surface area contributed by atoms with Crippen LogP contribution in [0.2, 0.25) is 0 Å². The molecule has 132 valence electrons. The summed E-state index contributed by atoms with van der Waals surface area (Å²) in [7, 11) is -3.99. The number of amides is 1. The van der Waals surface area contributed by atoms with Gasteiger partial charge in [-0.1, -0.05) is 0 Å². The highest BCUT2D eigenvalue weighted by molar-refractivity contribution is 7.89. The molecular weight excluding hydrogens is 338 g/mol. The molecule has 2 rings (SSSR count). The molecule has 0 bridgehead atoms. The summed E-state index contributed by atoms with van der Waals surface area (Å²) in [5, 5.41) is 16.4. The number of ether oxygens (including phenoxy) is 1. The third-order valence-electron chi connectivity index (χ3n) is 3.61. The SMILES string of the molecule is CC(NC(=O)c1cc(S(N)(=O)=O)ccc1N1CCOCC1)C(=O)O. The maximum absolute atomic E-state index is 12.4. The molecular formula is C14H19N3O6S. The van der Waals surface area contributed by atoms with Crippen LogP contribution in [0.4, 0.5) is 5.69 Å². The van der Waals surface area contributed by atoms with E-state index in [0.717, 1.165) is 6.07 Å². The number of anilines is 1. The summed E-state index contributed by atoms with van der Waals surface area (Å²) in [6, 6.07) is 2.85. The van der Waals surface area contributed by atoms with Gasteiger partial charge in [0, 0.05) is 18.8 Å². The number of carbonyl (C=O) groups excluding carboxylic acids is 1. The minimum atomic E-state index is -3.99. The molecule has 9 nitrogen and oxygen atoms in total. The van der Waals surface area contributed by atoms with Crippen LogP contribution in [0.1, 0.15) is 17.3 Å². The van der Waals surface area contributed by atoms with Gasteiger partial charge in [0.25, 0.3) is 5.91 Å². The zero-order valence-corrected chi connectivity index (χ0v) is 13.9. The Hall–Kier alpha value is -2.17. The number of hydrogen-bond acceptors (Lipinski definition) is 6. The number of carbonyl (C=O) groups is 2. The first-order chi connectivity index (χ1) is 11.2. The predicted molar refractivity (Wildman–Crippen MR) is 85.4 cm³/mol. The highest BCUT2D eigenvalue weighted by atomic mass is 32.2. The van der Waals surface area contributed by atoms with Gasteiger partial charge in [0.05, 0.1) is 23.7 Å². The standard InChI is InChI=1S/C14H19N3O6S/c1-9(14(19)20)16-13(18)11-8-10(24(15,21)22)2-3-12(11)17-4-6-23-7-5-17/h2-3,8-9H,4-7H2,1H3,(H,16,18)(H,19,20)(H2,15,21,22). The van der Waals surface area contributed by atoms with Crippen molar-refractivity contribution in [2.24, 2.45) is 5.14 Å². The first kappa shape index (κ1) is 18.2. The second-order valence-electron chi connectivity index (χ2n) is 5.36. The molecule has 1 unspecified atom stereocenters. The zero-order valence-electron chi connectivity index (χ0n) is 13.1. The molecule has 1 atom stereocenters. The summed E-state index contributed by atoms with van der Waals surface area (Å²) < 4.78 is 28.3. The van der Waals surface area contributed by atoms with Crippen LogP contribution in [0, 0.1) is 0 Å². The van der Waals surface area contributed by atoms with E-state index >= 15 is 0 Å². The zero-order chi connectivity index (χ0) is 17.9. The molecule has 4 N–H and O–H groups in total. The number of morpholine rings is 1. The number of benzene rings is 1. The number of nitrogens with zero attached hydrogens (tertiary/aromatic N) is 1. The Labute approximate surface area is 139 Å². The average Bonchev–Trinajstić information content (AvgIpc) is 2.54. The molecule has 1 amide bonds. The van der Waals surface area contributed by atoms with Crippen LogP contribution in [0.15, 0.2) is 23.1 Å². The second kappa shape index (κ2) is 7.16. The number of hydrogen-bond donors (Lipinski definition) is 3. The molecule has 0 spiro atoms. The van der Waals surface area contributed by atoms with E-state index in [0.29, 0.717) is 32.0 Å². The van der Waals surface area contributed by atoms with Crippen molar-refractivity contribution in [1.82, 2.24) is 5.32 Å². The van der Waals surface area contributed by atoms with E-state index < -0.39 is 27.9 Å². The topological polar surface area (TPSA) is 139 Å². The molecule has 0 saturated carbocycles. The number of aliphatic carboxylic acids is 1. The second-order valence-corrected chi connectivity index (χ2v) is 6.92. The van der Waals surface area contributed by atoms with E-state index in [1.807, 2.05) is 4.90 Å². The molecule has 1 aliphatic rings. The predicted octanol–water partition coefficient (Wildman–Crippen LogP) is -0.626. The Balaban J connectivity index is 2.43. The van der Waals surface area contributed by atoms with Gasteiger partial charge in [0.1, 0.15) is 6.04 Å². The Bertz CT molecular complexity index is 743. The maximum Gasteiger partial charge on any atom is 0.325 e. The van der Waals surface area contributed by atoms with Crippen LogP contribution in [0.5, 0.6) is 0 Å². The first-order valence-electron chi connectivity index (χ1n) is 7.23. The van der Waals surface area contributed by atoms with E-state index in [4.69, 9.17) is 15.0 Å². The van der Waals surface area contributed by atoms with E-state index in [1.165, 1.54) is 19.1 Å². The summed E-state index contributed by atoms with van der Waals surface area (Å²) >= 11 is 0. The molecule has 1 aromatic carbocycles. The molecule has 1 aliphatic heterocycles. The Morgan fingerprint density at radius 3 is 2.50 bits per heavy atom. The number of rotatable bonds is 5. The van der Waals surface area contributed by atoms with Crippen LogP contribution in [-0.4, -0.2) is 57.7 Å². The maximum atomic E-state index is 12.4. The van der Waals surface area contributed by atoms with Gasteiger partial charge in [-0.2, -0.15) is 0 Å². The van der Waals surface area contributed by atoms with Crippen molar-refractivity contribution in [3.63, 3.8) is 0 Å². The minimum absolute atomic E-state index is 0.0523. The summed E-state index contributed by atoms with van der Waals surface area (Å²) in [6.07, 6.45) is 0. The van der Waals surface area contributed by atoms with Gasteiger partial charge in [-0.25, -0.2) is 13.6 Å². The molecule has 1 aromatic rings.